The molecule has 0 spiro atoms. The molecular formula is C11H7Cl5O. The lowest BCUT2D eigenvalue weighted by Gasteiger charge is -2.06. The Labute approximate surface area is 124 Å². The van der Waals surface area contributed by atoms with Crippen LogP contribution in [0.1, 0.15) is 6.42 Å². The Balaban J connectivity index is 0.000000239. The Morgan fingerprint density at radius 2 is 1.06 bits per heavy atom. The second kappa shape index (κ2) is 6.77. The van der Waals surface area contributed by atoms with E-state index in [0.717, 1.165) is 6.42 Å². The van der Waals surface area contributed by atoms with E-state index in [1.807, 2.05) is 0 Å². The fraction of sp³-hybridized carbons (Fsp3) is 0.0909. The van der Waals surface area contributed by atoms with Crippen LogP contribution in [0.15, 0.2) is 24.3 Å². The lowest BCUT2D eigenvalue weighted by atomic mass is 10.3. The quantitative estimate of drug-likeness (QED) is 0.445. The first-order chi connectivity index (χ1) is 7.96. The highest BCUT2D eigenvalue weighted by molar-refractivity contribution is 6.55. The van der Waals surface area contributed by atoms with Gasteiger partial charge in [-0.1, -0.05) is 82.3 Å². The van der Waals surface area contributed by atoms with Gasteiger partial charge in [-0.2, -0.15) is 0 Å². The number of phenolic OH excluding ortho intramolecular Hbond substituents is 1. The van der Waals surface area contributed by atoms with Gasteiger partial charge < -0.3 is 5.11 Å². The zero-order valence-corrected chi connectivity index (χ0v) is 12.1. The molecule has 0 heterocycles. The summed E-state index contributed by atoms with van der Waals surface area (Å²) in [5.41, 5.74) is 0. The van der Waals surface area contributed by atoms with Crippen molar-refractivity contribution < 1.29 is 5.11 Å². The summed E-state index contributed by atoms with van der Waals surface area (Å²) < 4.78 is 0. The Kier molecular flexibility index (Phi) is 5.98. The highest BCUT2D eigenvalue weighted by Gasteiger charge is 2.18. The predicted molar refractivity (Wildman–Crippen MR) is 76.1 cm³/mol. The molecule has 2 rings (SSSR count). The lowest BCUT2D eigenvalue weighted by molar-refractivity contribution is 0.476. The second-order valence-electron chi connectivity index (χ2n) is 3.01. The van der Waals surface area contributed by atoms with Crippen LogP contribution in [-0.4, -0.2) is 5.11 Å². The Morgan fingerprint density at radius 1 is 0.706 bits per heavy atom. The van der Waals surface area contributed by atoms with E-state index in [9.17, 15) is 5.11 Å². The molecule has 1 N–H and O–H groups in total. The van der Waals surface area contributed by atoms with Gasteiger partial charge in [0.25, 0.3) is 0 Å². The van der Waals surface area contributed by atoms with E-state index in [4.69, 9.17) is 58.0 Å². The number of rotatable bonds is 0. The molecule has 0 saturated heterocycles. The van der Waals surface area contributed by atoms with E-state index < -0.39 is 0 Å². The van der Waals surface area contributed by atoms with E-state index >= 15 is 0 Å². The van der Waals surface area contributed by atoms with Crippen molar-refractivity contribution in [2.24, 2.45) is 0 Å². The van der Waals surface area contributed by atoms with Crippen molar-refractivity contribution in [1.82, 2.24) is 0 Å². The van der Waals surface area contributed by atoms with Crippen LogP contribution in [0.3, 0.4) is 0 Å². The minimum Gasteiger partial charge on any atom is -0.505 e. The van der Waals surface area contributed by atoms with Crippen LogP contribution in [0.2, 0.25) is 25.1 Å². The van der Waals surface area contributed by atoms with E-state index in [1.54, 1.807) is 0 Å². The van der Waals surface area contributed by atoms with Crippen molar-refractivity contribution in [3.8, 4) is 5.75 Å². The molecule has 0 fully saturated rings. The fourth-order valence-corrected chi connectivity index (χ4v) is 2.11. The third kappa shape index (κ3) is 3.70. The maximum absolute atomic E-state index is 9.20. The molecular weight excluding hydrogens is 325 g/mol. The largest absolute Gasteiger partial charge is 0.505 e. The molecule has 1 nitrogen and oxygen atoms in total. The molecule has 1 aromatic rings. The summed E-state index contributed by atoms with van der Waals surface area (Å²) in [4.78, 5) is 0. The highest BCUT2D eigenvalue weighted by Crippen LogP contribution is 2.47. The number of hydrogen-bond acceptors (Lipinski definition) is 1. The molecule has 0 bridgehead atoms. The molecule has 0 aliphatic heterocycles. The minimum atomic E-state index is -0.363. The molecule has 0 radical (unpaired) electrons. The standard InChI is InChI=1S/C6HCl5O.C5H6/c7-1-2(8)4(10)6(12)5(11)3(1)9;1-2-4-5-3-1/h12H;1-4H,5H2. The van der Waals surface area contributed by atoms with Crippen molar-refractivity contribution in [2.45, 2.75) is 6.42 Å². The van der Waals surface area contributed by atoms with Crippen molar-refractivity contribution in [3.63, 3.8) is 0 Å². The van der Waals surface area contributed by atoms with Crippen LogP contribution in [0.4, 0.5) is 0 Å². The monoisotopic (exact) mass is 330 g/mol. The Morgan fingerprint density at radius 3 is 1.35 bits per heavy atom. The predicted octanol–water partition coefficient (Wildman–Crippen LogP) is 6.16. The number of aromatic hydroxyl groups is 1. The minimum absolute atomic E-state index is 0.00904. The smallest absolute Gasteiger partial charge is 0.155 e. The maximum Gasteiger partial charge on any atom is 0.155 e. The summed E-state index contributed by atoms with van der Waals surface area (Å²) in [7, 11) is 0. The van der Waals surface area contributed by atoms with Gasteiger partial charge >= 0.3 is 0 Å². The van der Waals surface area contributed by atoms with Crippen LogP contribution in [0.5, 0.6) is 5.75 Å². The molecule has 92 valence electrons. The molecule has 0 atom stereocenters. The van der Waals surface area contributed by atoms with Gasteiger partial charge in [-0.05, 0) is 6.42 Å². The van der Waals surface area contributed by atoms with Gasteiger partial charge in [-0.15, -0.1) is 0 Å². The number of phenols is 1. The molecule has 0 amide bonds. The van der Waals surface area contributed by atoms with Crippen LogP contribution in [-0.2, 0) is 0 Å². The van der Waals surface area contributed by atoms with Crippen molar-refractivity contribution in [2.75, 3.05) is 0 Å². The van der Waals surface area contributed by atoms with Gasteiger partial charge in [0, 0.05) is 0 Å². The summed E-state index contributed by atoms with van der Waals surface area (Å²) in [5.74, 6) is -0.363. The average Bonchev–Trinajstić information content (AvgIpc) is 2.90. The summed E-state index contributed by atoms with van der Waals surface area (Å²) in [6.45, 7) is 0. The molecule has 1 aliphatic carbocycles. The molecule has 1 aromatic carbocycles. The Hall–Kier alpha value is -0.0500. The van der Waals surface area contributed by atoms with E-state index in [-0.39, 0.29) is 30.9 Å². The first-order valence-electron chi connectivity index (χ1n) is 4.49. The third-order valence-corrected chi connectivity index (χ3v) is 4.10. The number of halogens is 5. The highest BCUT2D eigenvalue weighted by atomic mass is 35.5. The second-order valence-corrected chi connectivity index (χ2v) is 4.90. The van der Waals surface area contributed by atoms with Crippen molar-refractivity contribution in [3.05, 3.63) is 49.4 Å². The summed E-state index contributed by atoms with van der Waals surface area (Å²) in [5, 5.41) is 9.01. The first kappa shape index (κ1) is 15.0. The van der Waals surface area contributed by atoms with Crippen LogP contribution < -0.4 is 0 Å². The molecule has 0 aromatic heterocycles. The molecule has 0 saturated carbocycles. The summed E-state index contributed by atoms with van der Waals surface area (Å²) in [6.07, 6.45) is 9.50. The van der Waals surface area contributed by atoms with Gasteiger partial charge in [-0.25, -0.2) is 0 Å². The van der Waals surface area contributed by atoms with Gasteiger partial charge in [0.15, 0.2) is 5.75 Å². The molecule has 0 unspecified atom stereocenters. The van der Waals surface area contributed by atoms with Gasteiger partial charge in [-0.3, -0.25) is 0 Å². The van der Waals surface area contributed by atoms with Crippen LogP contribution >= 0.6 is 58.0 Å². The number of allylic oxidation sites excluding steroid dienone is 4. The normalized spacial score (nSPS) is 12.5. The van der Waals surface area contributed by atoms with Crippen molar-refractivity contribution in [1.29, 1.82) is 0 Å². The number of hydrogen-bond donors (Lipinski definition) is 1. The lowest BCUT2D eigenvalue weighted by Crippen LogP contribution is -1.78. The molecule has 6 heteroatoms. The summed E-state index contributed by atoms with van der Waals surface area (Å²) in [6, 6.07) is 0. The summed E-state index contributed by atoms with van der Waals surface area (Å²) >= 11 is 27.9. The third-order valence-electron chi connectivity index (χ3n) is 1.84. The van der Waals surface area contributed by atoms with Crippen molar-refractivity contribution >= 4 is 58.0 Å². The SMILES string of the molecule is C1=CCC=C1.Oc1c(Cl)c(Cl)c(Cl)c(Cl)c1Cl. The van der Waals surface area contributed by atoms with Gasteiger partial charge in [0.1, 0.15) is 10.0 Å². The van der Waals surface area contributed by atoms with Gasteiger partial charge in [0.05, 0.1) is 15.1 Å². The number of benzene rings is 1. The molecule has 17 heavy (non-hydrogen) atoms. The van der Waals surface area contributed by atoms with E-state index in [1.165, 1.54) is 0 Å². The zero-order valence-electron chi connectivity index (χ0n) is 8.35. The van der Waals surface area contributed by atoms with Gasteiger partial charge in [0.2, 0.25) is 0 Å². The fourth-order valence-electron chi connectivity index (χ4n) is 0.986. The average molecular weight is 332 g/mol. The van der Waals surface area contributed by atoms with E-state index in [2.05, 4.69) is 24.3 Å². The topological polar surface area (TPSA) is 20.2 Å². The Bertz CT molecular complexity index is 364. The van der Waals surface area contributed by atoms with E-state index in [0.29, 0.717) is 0 Å². The maximum atomic E-state index is 9.20. The zero-order chi connectivity index (χ0) is 13.0. The molecule has 1 aliphatic rings. The van der Waals surface area contributed by atoms with Crippen LogP contribution in [0.25, 0.3) is 0 Å². The first-order valence-corrected chi connectivity index (χ1v) is 6.37. The van der Waals surface area contributed by atoms with Crippen LogP contribution in [0, 0.1) is 0 Å².